The number of likely N-dealkylation sites (tertiary alicyclic amines) is 1. The van der Waals surface area contributed by atoms with Crippen molar-refractivity contribution in [3.8, 4) is 0 Å². The van der Waals surface area contributed by atoms with Crippen LogP contribution in [-0.4, -0.2) is 41.2 Å². The van der Waals surface area contributed by atoms with E-state index in [9.17, 15) is 4.39 Å². The zero-order valence-electron chi connectivity index (χ0n) is 10.7. The van der Waals surface area contributed by atoms with Gasteiger partial charge in [-0.3, -0.25) is 0 Å². The van der Waals surface area contributed by atoms with Crippen molar-refractivity contribution in [2.45, 2.75) is 18.8 Å². The molecule has 1 aliphatic rings. The van der Waals surface area contributed by atoms with Crippen LogP contribution >= 0.6 is 15.9 Å². The highest BCUT2D eigenvalue weighted by molar-refractivity contribution is 9.10. The molecule has 19 heavy (non-hydrogen) atoms. The van der Waals surface area contributed by atoms with Crippen LogP contribution in [0.25, 0.3) is 10.9 Å². The second-order valence-corrected chi connectivity index (χ2v) is 5.91. The summed E-state index contributed by atoms with van der Waals surface area (Å²) in [7, 11) is 0. The smallest absolute Gasteiger partial charge is 0.108 e. The van der Waals surface area contributed by atoms with Gasteiger partial charge in [-0.25, -0.2) is 9.37 Å². The van der Waals surface area contributed by atoms with Gasteiger partial charge in [0.25, 0.3) is 0 Å². The van der Waals surface area contributed by atoms with Crippen molar-refractivity contribution in [1.82, 2.24) is 14.9 Å². The maximum Gasteiger partial charge on any atom is 0.108 e. The second-order valence-electron chi connectivity index (χ2n) is 5.10. The third kappa shape index (κ3) is 2.67. The summed E-state index contributed by atoms with van der Waals surface area (Å²) >= 11 is 3.39. The summed E-state index contributed by atoms with van der Waals surface area (Å²) in [5.74, 6) is 0.563. The van der Waals surface area contributed by atoms with Gasteiger partial charge in [0.15, 0.2) is 0 Å². The Hall–Kier alpha value is -0.940. The fraction of sp³-hybridized carbons (Fsp3) is 0.500. The minimum Gasteiger partial charge on any atom is -0.361 e. The molecule has 5 heteroatoms. The molecule has 2 aromatic heterocycles. The molecule has 102 valence electrons. The van der Waals surface area contributed by atoms with E-state index in [4.69, 9.17) is 0 Å². The van der Waals surface area contributed by atoms with Gasteiger partial charge >= 0.3 is 0 Å². The number of aromatic nitrogens is 2. The number of hydrogen-bond acceptors (Lipinski definition) is 2. The van der Waals surface area contributed by atoms with Crippen LogP contribution in [0.2, 0.25) is 0 Å². The van der Waals surface area contributed by atoms with Crippen molar-refractivity contribution in [2.75, 3.05) is 26.3 Å². The molecule has 0 radical (unpaired) electrons. The summed E-state index contributed by atoms with van der Waals surface area (Å²) in [6, 6.07) is 2.01. The molecule has 1 fully saturated rings. The van der Waals surface area contributed by atoms with Crippen LogP contribution in [0.4, 0.5) is 4.39 Å². The van der Waals surface area contributed by atoms with Crippen LogP contribution < -0.4 is 0 Å². The molecule has 1 N–H and O–H groups in total. The van der Waals surface area contributed by atoms with Gasteiger partial charge in [0, 0.05) is 29.8 Å². The molecular formula is C14H17BrFN3. The molecule has 0 aromatic carbocycles. The molecule has 0 unspecified atom stereocenters. The number of fused-ring (bicyclic) bond motifs is 1. The predicted molar refractivity (Wildman–Crippen MR) is 78.2 cm³/mol. The Morgan fingerprint density at radius 3 is 2.95 bits per heavy atom. The van der Waals surface area contributed by atoms with Gasteiger partial charge in [0.05, 0.1) is 0 Å². The Balaban J connectivity index is 1.78. The van der Waals surface area contributed by atoms with Gasteiger partial charge in [-0.1, -0.05) is 0 Å². The molecule has 0 spiro atoms. The lowest BCUT2D eigenvalue weighted by molar-refractivity contribution is 0.197. The summed E-state index contributed by atoms with van der Waals surface area (Å²) in [6.07, 6.45) is 6.24. The summed E-state index contributed by atoms with van der Waals surface area (Å²) in [5.41, 5.74) is 2.48. The van der Waals surface area contributed by atoms with Gasteiger partial charge in [-0.2, -0.15) is 0 Å². The molecule has 0 saturated carbocycles. The van der Waals surface area contributed by atoms with Gasteiger partial charge in [0.1, 0.15) is 11.3 Å². The molecule has 0 aliphatic carbocycles. The molecule has 2 aromatic rings. The van der Waals surface area contributed by atoms with Crippen LogP contribution in [-0.2, 0) is 0 Å². The lowest BCUT2D eigenvalue weighted by Crippen LogP contribution is -2.34. The van der Waals surface area contributed by atoms with Crippen molar-refractivity contribution < 1.29 is 4.39 Å². The zero-order valence-corrected chi connectivity index (χ0v) is 12.3. The maximum absolute atomic E-state index is 12.3. The van der Waals surface area contributed by atoms with Gasteiger partial charge in [-0.15, -0.1) is 0 Å². The first-order chi connectivity index (χ1) is 9.28. The van der Waals surface area contributed by atoms with Crippen molar-refractivity contribution in [3.63, 3.8) is 0 Å². The Morgan fingerprint density at radius 2 is 2.21 bits per heavy atom. The van der Waals surface area contributed by atoms with Crippen molar-refractivity contribution in [1.29, 1.82) is 0 Å². The summed E-state index contributed by atoms with van der Waals surface area (Å²) in [6.45, 7) is 2.32. The molecule has 1 aliphatic heterocycles. The van der Waals surface area contributed by atoms with Gasteiger partial charge < -0.3 is 9.88 Å². The Kier molecular flexibility index (Phi) is 3.84. The monoisotopic (exact) mass is 325 g/mol. The van der Waals surface area contributed by atoms with Crippen LogP contribution in [0.3, 0.4) is 0 Å². The first-order valence-electron chi connectivity index (χ1n) is 6.69. The van der Waals surface area contributed by atoms with Gasteiger partial charge in [-0.05, 0) is 59.4 Å². The molecule has 3 heterocycles. The molecule has 3 nitrogen and oxygen atoms in total. The zero-order chi connectivity index (χ0) is 13.2. The Morgan fingerprint density at radius 1 is 1.42 bits per heavy atom. The Labute approximate surface area is 120 Å². The first kappa shape index (κ1) is 13.1. The predicted octanol–water partition coefficient (Wildman–Crippen LogP) is 3.47. The number of aromatic amines is 1. The summed E-state index contributed by atoms with van der Waals surface area (Å²) < 4.78 is 13.2. The van der Waals surface area contributed by atoms with E-state index in [1.807, 2.05) is 12.3 Å². The number of piperidine rings is 1. The van der Waals surface area contributed by atoms with Crippen LogP contribution in [0, 0.1) is 0 Å². The van der Waals surface area contributed by atoms with E-state index in [0.717, 1.165) is 36.1 Å². The normalized spacial score (nSPS) is 18.2. The lowest BCUT2D eigenvalue weighted by Gasteiger charge is -2.31. The molecule has 0 amide bonds. The highest BCUT2D eigenvalue weighted by atomic mass is 79.9. The fourth-order valence-corrected chi connectivity index (χ4v) is 3.27. The van der Waals surface area contributed by atoms with E-state index in [2.05, 4.69) is 37.0 Å². The number of hydrogen-bond donors (Lipinski definition) is 1. The second kappa shape index (κ2) is 5.59. The number of rotatable bonds is 3. The molecule has 1 saturated heterocycles. The minimum absolute atomic E-state index is 0.240. The number of halogens is 2. The maximum atomic E-state index is 12.3. The average molecular weight is 326 g/mol. The minimum atomic E-state index is -0.240. The van der Waals surface area contributed by atoms with Crippen molar-refractivity contribution in [3.05, 3.63) is 28.6 Å². The summed E-state index contributed by atoms with van der Waals surface area (Å²) in [5, 5.41) is 1.21. The van der Waals surface area contributed by atoms with E-state index >= 15 is 0 Å². The number of nitrogens with one attached hydrogen (secondary N) is 1. The van der Waals surface area contributed by atoms with Crippen molar-refractivity contribution in [2.24, 2.45) is 0 Å². The topological polar surface area (TPSA) is 31.9 Å². The summed E-state index contributed by atoms with van der Waals surface area (Å²) in [4.78, 5) is 9.84. The quantitative estimate of drug-likeness (QED) is 0.876. The average Bonchev–Trinajstić information content (AvgIpc) is 2.83. The highest BCUT2D eigenvalue weighted by Gasteiger charge is 2.22. The number of H-pyrrole nitrogens is 1. The van der Waals surface area contributed by atoms with E-state index in [0.29, 0.717) is 12.5 Å². The Bertz CT molecular complexity index is 561. The van der Waals surface area contributed by atoms with Crippen LogP contribution in [0.15, 0.2) is 23.1 Å². The third-order valence-corrected chi connectivity index (χ3v) is 4.43. The SMILES string of the molecule is FCCN1CCC(c2c[nH]c3cc(Br)ncc23)CC1. The van der Waals surface area contributed by atoms with E-state index < -0.39 is 0 Å². The molecule has 0 atom stereocenters. The largest absolute Gasteiger partial charge is 0.361 e. The standard InChI is InChI=1S/C14H17BrFN3/c15-14-7-13-12(9-18-14)11(8-17-13)10-1-4-19(5-2-10)6-3-16/h7-10,17H,1-6H2. The molecule has 3 rings (SSSR count). The van der Waals surface area contributed by atoms with Crippen LogP contribution in [0.1, 0.15) is 24.3 Å². The lowest BCUT2D eigenvalue weighted by atomic mass is 9.89. The van der Waals surface area contributed by atoms with E-state index in [1.165, 1.54) is 10.9 Å². The molecular weight excluding hydrogens is 309 g/mol. The van der Waals surface area contributed by atoms with E-state index in [-0.39, 0.29) is 6.67 Å². The number of alkyl halides is 1. The first-order valence-corrected chi connectivity index (χ1v) is 7.48. The highest BCUT2D eigenvalue weighted by Crippen LogP contribution is 2.33. The van der Waals surface area contributed by atoms with Gasteiger partial charge in [0.2, 0.25) is 0 Å². The van der Waals surface area contributed by atoms with Crippen molar-refractivity contribution >= 4 is 26.8 Å². The molecule has 0 bridgehead atoms. The number of nitrogens with zero attached hydrogens (tertiary/aromatic N) is 2. The fourth-order valence-electron chi connectivity index (χ4n) is 2.94. The third-order valence-electron chi connectivity index (χ3n) is 3.99. The van der Waals surface area contributed by atoms with E-state index in [1.54, 1.807) is 0 Å². The number of pyridine rings is 1. The van der Waals surface area contributed by atoms with Crippen LogP contribution in [0.5, 0.6) is 0 Å².